The number of ether oxygens (including phenoxy) is 1. The molecule has 0 spiro atoms. The number of nitrogens with one attached hydrogen (secondary N) is 1. The number of rotatable bonds is 5. The molecular weight excluding hydrogens is 272 g/mol. The molecule has 0 bridgehead atoms. The zero-order chi connectivity index (χ0) is 13.7. The van der Waals surface area contributed by atoms with Crippen LogP contribution in [0.3, 0.4) is 0 Å². The largest absolute Gasteiger partial charge is 0.496 e. The number of hydrogen-bond acceptors (Lipinski definition) is 3. The Morgan fingerprint density at radius 1 is 1.40 bits per heavy atom. The average Bonchev–Trinajstić information content (AvgIpc) is 2.42. The van der Waals surface area contributed by atoms with Crippen molar-refractivity contribution in [3.63, 3.8) is 0 Å². The lowest BCUT2D eigenvalue weighted by atomic mass is 9.97. The maximum absolute atomic E-state index is 5.41. The van der Waals surface area contributed by atoms with E-state index in [2.05, 4.69) is 35.3 Å². The van der Waals surface area contributed by atoms with Crippen molar-refractivity contribution in [2.24, 2.45) is 5.92 Å². The minimum Gasteiger partial charge on any atom is -0.496 e. The van der Waals surface area contributed by atoms with Crippen LogP contribution in [0.2, 0.25) is 0 Å². The van der Waals surface area contributed by atoms with Crippen molar-refractivity contribution in [3.05, 3.63) is 29.3 Å². The molecule has 114 valence electrons. The van der Waals surface area contributed by atoms with Gasteiger partial charge in [0.2, 0.25) is 0 Å². The molecule has 0 aliphatic carbocycles. The predicted octanol–water partition coefficient (Wildman–Crippen LogP) is 2.86. The quantitative estimate of drug-likeness (QED) is 0.905. The highest BCUT2D eigenvalue weighted by Crippen LogP contribution is 2.22. The molecule has 1 aromatic carbocycles. The molecule has 1 fully saturated rings. The number of halogens is 1. The van der Waals surface area contributed by atoms with E-state index in [0.717, 1.165) is 24.8 Å². The molecule has 1 aromatic rings. The summed E-state index contributed by atoms with van der Waals surface area (Å²) >= 11 is 0. The molecule has 1 unspecified atom stereocenters. The molecule has 0 radical (unpaired) electrons. The van der Waals surface area contributed by atoms with E-state index >= 15 is 0 Å². The molecular formula is C16H27ClN2O. The Morgan fingerprint density at radius 2 is 2.20 bits per heavy atom. The first-order valence-electron chi connectivity index (χ1n) is 7.23. The highest BCUT2D eigenvalue weighted by molar-refractivity contribution is 5.85. The molecule has 20 heavy (non-hydrogen) atoms. The first-order chi connectivity index (χ1) is 9.22. The van der Waals surface area contributed by atoms with Gasteiger partial charge >= 0.3 is 0 Å². The summed E-state index contributed by atoms with van der Waals surface area (Å²) in [7, 11) is 3.79. The van der Waals surface area contributed by atoms with Crippen molar-refractivity contribution in [1.29, 1.82) is 0 Å². The van der Waals surface area contributed by atoms with Crippen LogP contribution in [0.25, 0.3) is 0 Å². The minimum atomic E-state index is 0. The molecule has 1 heterocycles. The van der Waals surface area contributed by atoms with E-state index < -0.39 is 0 Å². The maximum atomic E-state index is 5.41. The molecule has 1 aliphatic heterocycles. The number of methoxy groups -OCH3 is 1. The van der Waals surface area contributed by atoms with Gasteiger partial charge in [-0.15, -0.1) is 12.4 Å². The standard InChI is InChI=1S/C16H26N2O.ClH/c1-13-6-7-14(9-16(13)19-3)11-18-8-4-5-15(12-18)10-17-2;/h6-7,9,15,17H,4-5,8,10-12H2,1-3H3;1H. The Morgan fingerprint density at radius 3 is 2.90 bits per heavy atom. The topological polar surface area (TPSA) is 24.5 Å². The molecule has 1 N–H and O–H groups in total. The van der Waals surface area contributed by atoms with Gasteiger partial charge in [-0.05, 0) is 63.0 Å². The number of aryl methyl sites for hydroxylation is 1. The normalized spacial score (nSPS) is 19.4. The lowest BCUT2D eigenvalue weighted by Crippen LogP contribution is -2.38. The third-order valence-electron chi connectivity index (χ3n) is 3.97. The van der Waals surface area contributed by atoms with E-state index in [1.165, 1.54) is 37.1 Å². The summed E-state index contributed by atoms with van der Waals surface area (Å²) in [5.74, 6) is 1.80. The zero-order valence-corrected chi connectivity index (χ0v) is 13.6. The van der Waals surface area contributed by atoms with Gasteiger partial charge in [0.05, 0.1) is 7.11 Å². The summed E-state index contributed by atoms with van der Waals surface area (Å²) in [6.07, 6.45) is 2.67. The van der Waals surface area contributed by atoms with Crippen LogP contribution < -0.4 is 10.1 Å². The summed E-state index contributed by atoms with van der Waals surface area (Å²) in [5.41, 5.74) is 2.56. The number of benzene rings is 1. The van der Waals surface area contributed by atoms with E-state index in [9.17, 15) is 0 Å². The van der Waals surface area contributed by atoms with Crippen LogP contribution in [0.5, 0.6) is 5.75 Å². The predicted molar refractivity (Wildman–Crippen MR) is 86.9 cm³/mol. The maximum Gasteiger partial charge on any atom is 0.122 e. The van der Waals surface area contributed by atoms with Crippen LogP contribution in [0, 0.1) is 12.8 Å². The molecule has 1 saturated heterocycles. The molecule has 0 aromatic heterocycles. The Hall–Kier alpha value is -0.770. The molecule has 3 nitrogen and oxygen atoms in total. The van der Waals surface area contributed by atoms with Gasteiger partial charge in [0, 0.05) is 13.1 Å². The molecule has 4 heteroatoms. The van der Waals surface area contributed by atoms with Crippen LogP contribution in [-0.2, 0) is 6.54 Å². The van der Waals surface area contributed by atoms with E-state index in [1.807, 2.05) is 7.05 Å². The van der Waals surface area contributed by atoms with Crippen molar-refractivity contribution >= 4 is 12.4 Å². The lowest BCUT2D eigenvalue weighted by molar-refractivity contribution is 0.166. The van der Waals surface area contributed by atoms with Gasteiger partial charge in [-0.3, -0.25) is 4.90 Å². The van der Waals surface area contributed by atoms with Crippen molar-refractivity contribution < 1.29 is 4.74 Å². The highest BCUT2D eigenvalue weighted by atomic mass is 35.5. The average molecular weight is 299 g/mol. The van der Waals surface area contributed by atoms with E-state index in [-0.39, 0.29) is 12.4 Å². The van der Waals surface area contributed by atoms with Crippen molar-refractivity contribution in [3.8, 4) is 5.75 Å². The highest BCUT2D eigenvalue weighted by Gasteiger charge is 2.19. The van der Waals surface area contributed by atoms with E-state index in [1.54, 1.807) is 7.11 Å². The van der Waals surface area contributed by atoms with Crippen molar-refractivity contribution in [2.75, 3.05) is 33.8 Å². The molecule has 2 rings (SSSR count). The van der Waals surface area contributed by atoms with Crippen LogP contribution in [-0.4, -0.2) is 38.7 Å². The number of piperidine rings is 1. The van der Waals surface area contributed by atoms with Crippen molar-refractivity contribution in [1.82, 2.24) is 10.2 Å². The Bertz CT molecular complexity index is 409. The smallest absolute Gasteiger partial charge is 0.122 e. The zero-order valence-electron chi connectivity index (χ0n) is 12.8. The number of nitrogens with zero attached hydrogens (tertiary/aromatic N) is 1. The Balaban J connectivity index is 0.00000200. The first kappa shape index (κ1) is 17.3. The van der Waals surface area contributed by atoms with Gasteiger partial charge in [0.25, 0.3) is 0 Å². The Kier molecular flexibility index (Phi) is 7.35. The molecule has 0 amide bonds. The summed E-state index contributed by atoms with van der Waals surface area (Å²) in [4.78, 5) is 2.57. The second kappa shape index (κ2) is 8.50. The van der Waals surface area contributed by atoms with Crippen LogP contribution in [0.1, 0.15) is 24.0 Å². The summed E-state index contributed by atoms with van der Waals surface area (Å²) in [5, 5.41) is 3.30. The van der Waals surface area contributed by atoms with Gasteiger partial charge in [0.1, 0.15) is 5.75 Å². The fourth-order valence-electron chi connectivity index (χ4n) is 2.97. The molecule has 1 aliphatic rings. The van der Waals surface area contributed by atoms with Crippen molar-refractivity contribution in [2.45, 2.75) is 26.3 Å². The third kappa shape index (κ3) is 4.65. The van der Waals surface area contributed by atoms with Gasteiger partial charge in [-0.1, -0.05) is 12.1 Å². The second-order valence-electron chi connectivity index (χ2n) is 5.61. The Labute approximate surface area is 129 Å². The monoisotopic (exact) mass is 298 g/mol. The van der Waals surface area contributed by atoms with Crippen LogP contribution in [0.4, 0.5) is 0 Å². The fraction of sp³-hybridized carbons (Fsp3) is 0.625. The van der Waals surface area contributed by atoms with Crippen LogP contribution >= 0.6 is 12.4 Å². The van der Waals surface area contributed by atoms with Gasteiger partial charge < -0.3 is 10.1 Å². The minimum absolute atomic E-state index is 0. The van der Waals surface area contributed by atoms with Crippen LogP contribution in [0.15, 0.2) is 18.2 Å². The van der Waals surface area contributed by atoms with Gasteiger partial charge in [0.15, 0.2) is 0 Å². The fourth-order valence-corrected chi connectivity index (χ4v) is 2.97. The lowest BCUT2D eigenvalue weighted by Gasteiger charge is -2.32. The summed E-state index contributed by atoms with van der Waals surface area (Å²) < 4.78 is 5.41. The van der Waals surface area contributed by atoms with E-state index in [4.69, 9.17) is 4.74 Å². The first-order valence-corrected chi connectivity index (χ1v) is 7.23. The van der Waals surface area contributed by atoms with Gasteiger partial charge in [-0.2, -0.15) is 0 Å². The summed E-state index contributed by atoms with van der Waals surface area (Å²) in [6.45, 7) is 6.68. The van der Waals surface area contributed by atoms with E-state index in [0.29, 0.717) is 0 Å². The third-order valence-corrected chi connectivity index (χ3v) is 3.97. The number of hydrogen-bond donors (Lipinski definition) is 1. The SMILES string of the molecule is CNCC1CCCN(Cc2ccc(C)c(OC)c2)C1.Cl. The second-order valence-corrected chi connectivity index (χ2v) is 5.61. The molecule has 0 saturated carbocycles. The number of likely N-dealkylation sites (tertiary alicyclic amines) is 1. The van der Waals surface area contributed by atoms with Gasteiger partial charge in [-0.25, -0.2) is 0 Å². The molecule has 1 atom stereocenters. The summed E-state index contributed by atoms with van der Waals surface area (Å²) in [6, 6.07) is 6.56.